The average molecular weight is 356 g/mol. The summed E-state index contributed by atoms with van der Waals surface area (Å²) in [5, 5.41) is 0. The molecule has 2 rings (SSSR count). The van der Waals surface area contributed by atoms with E-state index in [-0.39, 0.29) is 10.6 Å². The summed E-state index contributed by atoms with van der Waals surface area (Å²) in [6.45, 7) is 0. The maximum Gasteiger partial charge on any atom is 0.183 e. The number of benzene rings is 2. The third kappa shape index (κ3) is 3.13. The molecule has 0 spiro atoms. The molecule has 2 aromatic rings. The van der Waals surface area contributed by atoms with Gasteiger partial charge in [0, 0.05) is 15.7 Å². The Balaban J connectivity index is 2.41. The summed E-state index contributed by atoms with van der Waals surface area (Å²) in [7, 11) is -1.96. The summed E-state index contributed by atoms with van der Waals surface area (Å²) in [6.07, 6.45) is 0. The molecule has 0 bridgehead atoms. The lowest BCUT2D eigenvalue weighted by atomic mass is 10.2. The molecule has 0 atom stereocenters. The number of hydrogen-bond acceptors (Lipinski definition) is 4. The normalized spacial score (nSPS) is 11.3. The first kappa shape index (κ1) is 14.9. The molecule has 0 heterocycles. The predicted octanol–water partition coefficient (Wildman–Crippen LogP) is 3.01. The molecule has 20 heavy (non-hydrogen) atoms. The standard InChI is InChI=1S/C14H14BrNO3S/c1-19-13-5-3-2-4-10(13)9-20(17,18)14-7-6-11(16)8-12(14)15/h2-8H,9,16H2,1H3. The zero-order chi connectivity index (χ0) is 14.8. The van der Waals surface area contributed by atoms with E-state index < -0.39 is 9.84 Å². The van der Waals surface area contributed by atoms with Crippen LogP contribution < -0.4 is 10.5 Å². The van der Waals surface area contributed by atoms with Gasteiger partial charge in [-0.2, -0.15) is 0 Å². The maximum absolute atomic E-state index is 12.5. The van der Waals surface area contributed by atoms with Crippen molar-refractivity contribution >= 4 is 31.5 Å². The number of ether oxygens (including phenoxy) is 1. The topological polar surface area (TPSA) is 69.4 Å². The second-order valence-corrected chi connectivity index (χ2v) is 7.07. The largest absolute Gasteiger partial charge is 0.496 e. The summed E-state index contributed by atoms with van der Waals surface area (Å²) in [6, 6.07) is 11.7. The van der Waals surface area contributed by atoms with Crippen LogP contribution in [-0.4, -0.2) is 15.5 Å². The number of para-hydroxylation sites is 1. The van der Waals surface area contributed by atoms with E-state index in [0.717, 1.165) is 0 Å². The second kappa shape index (κ2) is 5.85. The minimum absolute atomic E-state index is 0.125. The van der Waals surface area contributed by atoms with Crippen molar-refractivity contribution in [2.75, 3.05) is 12.8 Å². The fraction of sp³-hybridized carbons (Fsp3) is 0.143. The Kier molecular flexibility index (Phi) is 4.35. The summed E-state index contributed by atoms with van der Waals surface area (Å²) < 4.78 is 30.6. The lowest BCUT2D eigenvalue weighted by Gasteiger charge is -2.10. The van der Waals surface area contributed by atoms with E-state index in [0.29, 0.717) is 21.5 Å². The number of halogens is 1. The van der Waals surface area contributed by atoms with Gasteiger partial charge >= 0.3 is 0 Å². The van der Waals surface area contributed by atoms with Gasteiger partial charge < -0.3 is 10.5 Å². The third-order valence-corrected chi connectivity index (χ3v) is 5.46. The minimum atomic E-state index is -3.48. The van der Waals surface area contributed by atoms with Crippen LogP contribution in [0.25, 0.3) is 0 Å². The van der Waals surface area contributed by atoms with Crippen molar-refractivity contribution in [2.24, 2.45) is 0 Å². The van der Waals surface area contributed by atoms with Gasteiger partial charge in [0.25, 0.3) is 0 Å². The van der Waals surface area contributed by atoms with Crippen LogP contribution in [0.4, 0.5) is 5.69 Å². The van der Waals surface area contributed by atoms with Crippen molar-refractivity contribution in [3.63, 3.8) is 0 Å². The molecule has 0 aliphatic carbocycles. The van der Waals surface area contributed by atoms with E-state index in [9.17, 15) is 8.42 Å². The summed E-state index contributed by atoms with van der Waals surface area (Å²) in [5.74, 6) is 0.433. The van der Waals surface area contributed by atoms with Crippen molar-refractivity contribution in [1.82, 2.24) is 0 Å². The van der Waals surface area contributed by atoms with Crippen LogP contribution in [0.5, 0.6) is 5.75 Å². The Morgan fingerprint density at radius 3 is 2.55 bits per heavy atom. The van der Waals surface area contributed by atoms with Gasteiger partial charge in [-0.15, -0.1) is 0 Å². The molecule has 106 valence electrons. The molecule has 2 N–H and O–H groups in total. The predicted molar refractivity (Wildman–Crippen MR) is 82.4 cm³/mol. The summed E-state index contributed by atoms with van der Waals surface area (Å²) in [4.78, 5) is 0.220. The molecule has 2 aromatic carbocycles. The molecule has 0 radical (unpaired) electrons. The van der Waals surface area contributed by atoms with Crippen LogP contribution >= 0.6 is 15.9 Å². The van der Waals surface area contributed by atoms with Crippen LogP contribution in [0.3, 0.4) is 0 Å². The van der Waals surface area contributed by atoms with Crippen molar-refractivity contribution in [1.29, 1.82) is 0 Å². The highest BCUT2D eigenvalue weighted by molar-refractivity contribution is 9.10. The Hall–Kier alpha value is -1.53. The van der Waals surface area contributed by atoms with Gasteiger partial charge in [-0.25, -0.2) is 8.42 Å². The molecule has 0 aromatic heterocycles. The van der Waals surface area contributed by atoms with Crippen LogP contribution in [-0.2, 0) is 15.6 Å². The maximum atomic E-state index is 12.5. The number of nitrogens with two attached hydrogens (primary N) is 1. The molecule has 0 saturated carbocycles. The van der Waals surface area contributed by atoms with Gasteiger partial charge in [0.2, 0.25) is 0 Å². The van der Waals surface area contributed by atoms with Crippen LogP contribution in [0.15, 0.2) is 51.8 Å². The van der Waals surface area contributed by atoms with E-state index in [2.05, 4.69) is 15.9 Å². The van der Waals surface area contributed by atoms with Crippen LogP contribution in [0.1, 0.15) is 5.56 Å². The Morgan fingerprint density at radius 1 is 1.20 bits per heavy atom. The zero-order valence-corrected chi connectivity index (χ0v) is 13.2. The van der Waals surface area contributed by atoms with Crippen LogP contribution in [0.2, 0.25) is 0 Å². The molecular weight excluding hydrogens is 342 g/mol. The monoisotopic (exact) mass is 355 g/mol. The first-order valence-electron chi connectivity index (χ1n) is 5.84. The van der Waals surface area contributed by atoms with Gasteiger partial charge in [-0.1, -0.05) is 18.2 Å². The molecule has 0 saturated heterocycles. The van der Waals surface area contributed by atoms with Crippen molar-refractivity contribution < 1.29 is 13.2 Å². The first-order chi connectivity index (χ1) is 9.44. The number of methoxy groups -OCH3 is 1. The third-order valence-electron chi connectivity index (χ3n) is 2.83. The molecule has 0 fully saturated rings. The number of hydrogen-bond donors (Lipinski definition) is 1. The van der Waals surface area contributed by atoms with E-state index in [1.54, 1.807) is 36.4 Å². The quantitative estimate of drug-likeness (QED) is 0.855. The van der Waals surface area contributed by atoms with Gasteiger partial charge in [0.05, 0.1) is 17.8 Å². The Labute approximate surface area is 126 Å². The van der Waals surface area contributed by atoms with Gasteiger partial charge in [-0.3, -0.25) is 0 Å². The Morgan fingerprint density at radius 2 is 1.90 bits per heavy atom. The van der Waals surface area contributed by atoms with Gasteiger partial charge in [0.15, 0.2) is 9.84 Å². The molecule has 0 amide bonds. The van der Waals surface area contributed by atoms with E-state index in [1.807, 2.05) is 0 Å². The number of nitrogen functional groups attached to an aromatic ring is 1. The Bertz CT molecular complexity index is 729. The summed E-state index contributed by atoms with van der Waals surface area (Å²) >= 11 is 3.24. The highest BCUT2D eigenvalue weighted by Crippen LogP contribution is 2.29. The summed E-state index contributed by atoms with van der Waals surface area (Å²) in [5.41, 5.74) is 6.76. The zero-order valence-electron chi connectivity index (χ0n) is 10.8. The van der Waals surface area contributed by atoms with E-state index in [4.69, 9.17) is 10.5 Å². The fourth-order valence-corrected chi connectivity index (χ4v) is 4.45. The van der Waals surface area contributed by atoms with E-state index >= 15 is 0 Å². The number of anilines is 1. The molecular formula is C14H14BrNO3S. The van der Waals surface area contributed by atoms with E-state index in [1.165, 1.54) is 13.2 Å². The lowest BCUT2D eigenvalue weighted by Crippen LogP contribution is -2.07. The van der Waals surface area contributed by atoms with Crippen molar-refractivity contribution in [3.05, 3.63) is 52.5 Å². The molecule has 6 heteroatoms. The van der Waals surface area contributed by atoms with Crippen molar-refractivity contribution in [3.8, 4) is 5.75 Å². The highest BCUT2D eigenvalue weighted by Gasteiger charge is 2.20. The molecule has 0 aliphatic rings. The number of rotatable bonds is 4. The molecule has 4 nitrogen and oxygen atoms in total. The number of sulfone groups is 1. The molecule has 0 unspecified atom stereocenters. The second-order valence-electron chi connectivity index (χ2n) is 4.26. The minimum Gasteiger partial charge on any atom is -0.496 e. The van der Waals surface area contributed by atoms with Gasteiger partial charge in [0.1, 0.15) is 5.75 Å². The smallest absolute Gasteiger partial charge is 0.183 e. The highest BCUT2D eigenvalue weighted by atomic mass is 79.9. The first-order valence-corrected chi connectivity index (χ1v) is 8.28. The van der Waals surface area contributed by atoms with Crippen molar-refractivity contribution in [2.45, 2.75) is 10.6 Å². The average Bonchev–Trinajstić information content (AvgIpc) is 2.38. The van der Waals surface area contributed by atoms with Crippen LogP contribution in [0, 0.1) is 0 Å². The SMILES string of the molecule is COc1ccccc1CS(=O)(=O)c1ccc(N)cc1Br. The lowest BCUT2D eigenvalue weighted by molar-refractivity contribution is 0.411. The van der Waals surface area contributed by atoms with Gasteiger partial charge in [-0.05, 0) is 40.2 Å². The molecule has 0 aliphatic heterocycles. The fourth-order valence-electron chi connectivity index (χ4n) is 1.87.